The standard InChI is InChI=1S/C18H24N4O3/c1-3-15-20-16(25-22-15)13-7-6-12(2)14(10-13)19-17(24)21-18(11-23)8-4-5-9-18/h6-7,10,23H,3-5,8-9,11H2,1-2H3,(H2,19,21,24). The third-order valence-electron chi connectivity index (χ3n) is 4.76. The Labute approximate surface area is 146 Å². The smallest absolute Gasteiger partial charge is 0.319 e. The van der Waals surface area contributed by atoms with Crippen LogP contribution in [0.1, 0.15) is 44.0 Å². The number of anilines is 1. The van der Waals surface area contributed by atoms with Gasteiger partial charge in [0.15, 0.2) is 5.82 Å². The Balaban J connectivity index is 1.75. The maximum absolute atomic E-state index is 12.4. The number of nitrogens with zero attached hydrogens (tertiary/aromatic N) is 2. The SMILES string of the molecule is CCc1noc(-c2ccc(C)c(NC(=O)NC3(CO)CCCC3)c2)n1. The number of aromatic nitrogens is 2. The molecule has 2 amide bonds. The van der Waals surface area contributed by atoms with Gasteiger partial charge in [0.1, 0.15) is 0 Å². The Kier molecular flexibility index (Phi) is 5.03. The molecule has 1 saturated carbocycles. The summed E-state index contributed by atoms with van der Waals surface area (Å²) in [4.78, 5) is 16.7. The van der Waals surface area contributed by atoms with E-state index in [1.165, 1.54) is 0 Å². The fourth-order valence-electron chi connectivity index (χ4n) is 3.17. The van der Waals surface area contributed by atoms with E-state index in [9.17, 15) is 9.90 Å². The van der Waals surface area contributed by atoms with Gasteiger partial charge in [-0.1, -0.05) is 31.0 Å². The first-order valence-electron chi connectivity index (χ1n) is 8.69. The maximum Gasteiger partial charge on any atom is 0.319 e. The molecule has 0 atom stereocenters. The van der Waals surface area contributed by atoms with Gasteiger partial charge in [0.25, 0.3) is 5.89 Å². The van der Waals surface area contributed by atoms with Gasteiger partial charge in [-0.3, -0.25) is 0 Å². The second-order valence-corrected chi connectivity index (χ2v) is 6.62. The summed E-state index contributed by atoms with van der Waals surface area (Å²) in [6, 6.07) is 5.30. The summed E-state index contributed by atoms with van der Waals surface area (Å²) in [7, 11) is 0. The molecular weight excluding hydrogens is 320 g/mol. The predicted molar refractivity (Wildman–Crippen MR) is 94.3 cm³/mol. The maximum atomic E-state index is 12.4. The third kappa shape index (κ3) is 3.82. The van der Waals surface area contributed by atoms with Crippen LogP contribution in [0, 0.1) is 6.92 Å². The van der Waals surface area contributed by atoms with Gasteiger partial charge in [-0.2, -0.15) is 4.98 Å². The van der Waals surface area contributed by atoms with Crippen molar-refractivity contribution in [3.8, 4) is 11.5 Å². The highest BCUT2D eigenvalue weighted by molar-refractivity contribution is 5.91. The normalized spacial score (nSPS) is 16.0. The molecule has 25 heavy (non-hydrogen) atoms. The van der Waals surface area contributed by atoms with Crippen molar-refractivity contribution in [2.24, 2.45) is 0 Å². The van der Waals surface area contributed by atoms with Gasteiger partial charge >= 0.3 is 6.03 Å². The van der Waals surface area contributed by atoms with Crippen molar-refractivity contribution in [2.75, 3.05) is 11.9 Å². The van der Waals surface area contributed by atoms with Gasteiger partial charge in [-0.05, 0) is 37.5 Å². The molecule has 1 aromatic heterocycles. The minimum absolute atomic E-state index is 0.0405. The summed E-state index contributed by atoms with van der Waals surface area (Å²) < 4.78 is 5.26. The second-order valence-electron chi connectivity index (χ2n) is 6.62. The highest BCUT2D eigenvalue weighted by Crippen LogP contribution is 2.29. The van der Waals surface area contributed by atoms with E-state index in [0.29, 0.717) is 23.8 Å². The number of aliphatic hydroxyl groups is 1. The summed E-state index contributed by atoms with van der Waals surface area (Å²) in [5.74, 6) is 1.08. The summed E-state index contributed by atoms with van der Waals surface area (Å²) in [6.45, 7) is 3.84. The van der Waals surface area contributed by atoms with Crippen LogP contribution in [0.4, 0.5) is 10.5 Å². The zero-order valence-corrected chi connectivity index (χ0v) is 14.6. The molecule has 0 radical (unpaired) electrons. The van der Waals surface area contributed by atoms with Crippen LogP contribution in [0.2, 0.25) is 0 Å². The van der Waals surface area contributed by atoms with E-state index >= 15 is 0 Å². The zero-order chi connectivity index (χ0) is 17.9. The molecule has 2 aromatic rings. The van der Waals surface area contributed by atoms with Gasteiger partial charge in [0.2, 0.25) is 0 Å². The van der Waals surface area contributed by atoms with Crippen molar-refractivity contribution in [3.05, 3.63) is 29.6 Å². The Morgan fingerprint density at radius 1 is 1.36 bits per heavy atom. The Bertz CT molecular complexity index is 751. The molecule has 0 aliphatic heterocycles. The van der Waals surface area contributed by atoms with E-state index in [1.807, 2.05) is 32.0 Å². The summed E-state index contributed by atoms with van der Waals surface area (Å²) in [5.41, 5.74) is 1.86. The molecule has 3 N–H and O–H groups in total. The number of hydrogen-bond acceptors (Lipinski definition) is 5. The van der Waals surface area contributed by atoms with Crippen molar-refractivity contribution in [1.82, 2.24) is 15.5 Å². The Morgan fingerprint density at radius 2 is 2.12 bits per heavy atom. The Morgan fingerprint density at radius 3 is 2.76 bits per heavy atom. The first-order valence-corrected chi connectivity index (χ1v) is 8.69. The molecule has 0 unspecified atom stereocenters. The zero-order valence-electron chi connectivity index (χ0n) is 14.6. The van der Waals surface area contributed by atoms with Crippen molar-refractivity contribution >= 4 is 11.7 Å². The number of aliphatic hydroxyl groups excluding tert-OH is 1. The molecule has 134 valence electrons. The minimum Gasteiger partial charge on any atom is -0.394 e. The van der Waals surface area contributed by atoms with Crippen LogP contribution in [0.3, 0.4) is 0 Å². The fraction of sp³-hybridized carbons (Fsp3) is 0.500. The average molecular weight is 344 g/mol. The fourth-order valence-corrected chi connectivity index (χ4v) is 3.17. The number of carbonyl (C=O) groups is 1. The minimum atomic E-state index is -0.502. The summed E-state index contributed by atoms with van der Waals surface area (Å²) >= 11 is 0. The lowest BCUT2D eigenvalue weighted by atomic mass is 9.99. The van der Waals surface area contributed by atoms with E-state index < -0.39 is 5.54 Å². The van der Waals surface area contributed by atoms with Gasteiger partial charge in [-0.25, -0.2) is 4.79 Å². The van der Waals surface area contributed by atoms with Crippen molar-refractivity contribution in [3.63, 3.8) is 0 Å². The largest absolute Gasteiger partial charge is 0.394 e. The van der Waals surface area contributed by atoms with Crippen LogP contribution in [0.5, 0.6) is 0 Å². The molecular formula is C18H24N4O3. The second kappa shape index (κ2) is 7.23. The molecule has 7 heteroatoms. The number of benzene rings is 1. The van der Waals surface area contributed by atoms with Crippen LogP contribution in [-0.2, 0) is 6.42 Å². The molecule has 1 fully saturated rings. The number of urea groups is 1. The third-order valence-corrected chi connectivity index (χ3v) is 4.76. The van der Waals surface area contributed by atoms with E-state index in [0.717, 1.165) is 36.8 Å². The highest BCUT2D eigenvalue weighted by atomic mass is 16.5. The molecule has 1 heterocycles. The highest BCUT2D eigenvalue weighted by Gasteiger charge is 2.34. The Hall–Kier alpha value is -2.41. The van der Waals surface area contributed by atoms with E-state index in [4.69, 9.17) is 4.52 Å². The van der Waals surface area contributed by atoms with Crippen LogP contribution in [0.15, 0.2) is 22.7 Å². The predicted octanol–water partition coefficient (Wildman–Crippen LogP) is 3.03. The van der Waals surface area contributed by atoms with Gasteiger partial charge in [0.05, 0.1) is 12.1 Å². The summed E-state index contributed by atoms with van der Waals surface area (Å²) in [6.07, 6.45) is 4.35. The lowest BCUT2D eigenvalue weighted by Crippen LogP contribution is -2.50. The number of carbonyl (C=O) groups excluding carboxylic acids is 1. The van der Waals surface area contributed by atoms with Gasteiger partial charge < -0.3 is 20.3 Å². The number of aryl methyl sites for hydroxylation is 2. The molecule has 3 rings (SSSR count). The van der Waals surface area contributed by atoms with Crippen molar-refractivity contribution < 1.29 is 14.4 Å². The topological polar surface area (TPSA) is 100 Å². The average Bonchev–Trinajstić information content (AvgIpc) is 3.26. The van der Waals surface area contributed by atoms with Gasteiger partial charge in [-0.15, -0.1) is 0 Å². The van der Waals surface area contributed by atoms with Crippen LogP contribution in [-0.4, -0.2) is 33.4 Å². The molecule has 1 aliphatic rings. The monoisotopic (exact) mass is 344 g/mol. The molecule has 0 saturated heterocycles. The van der Waals surface area contributed by atoms with E-state index in [2.05, 4.69) is 20.8 Å². The molecule has 0 spiro atoms. The van der Waals surface area contributed by atoms with Crippen LogP contribution >= 0.6 is 0 Å². The van der Waals surface area contributed by atoms with E-state index in [1.54, 1.807) is 0 Å². The molecule has 1 aromatic carbocycles. The first-order chi connectivity index (χ1) is 12.0. The number of amides is 2. The first kappa shape index (κ1) is 17.4. The number of rotatable bonds is 5. The van der Waals surface area contributed by atoms with Crippen molar-refractivity contribution in [1.29, 1.82) is 0 Å². The van der Waals surface area contributed by atoms with Gasteiger partial charge in [0, 0.05) is 17.7 Å². The lowest BCUT2D eigenvalue weighted by molar-refractivity contribution is 0.167. The summed E-state index contributed by atoms with van der Waals surface area (Å²) in [5, 5.41) is 19.3. The quantitative estimate of drug-likeness (QED) is 0.774. The molecule has 7 nitrogen and oxygen atoms in total. The van der Waals surface area contributed by atoms with Crippen molar-refractivity contribution in [2.45, 2.75) is 51.5 Å². The van der Waals surface area contributed by atoms with Crippen LogP contribution < -0.4 is 10.6 Å². The van der Waals surface area contributed by atoms with Crippen LogP contribution in [0.25, 0.3) is 11.5 Å². The molecule has 1 aliphatic carbocycles. The molecule has 0 bridgehead atoms. The number of hydrogen-bond donors (Lipinski definition) is 3. The van der Waals surface area contributed by atoms with E-state index in [-0.39, 0.29) is 12.6 Å². The number of nitrogens with one attached hydrogen (secondary N) is 2. The lowest BCUT2D eigenvalue weighted by Gasteiger charge is -2.28.